The summed E-state index contributed by atoms with van der Waals surface area (Å²) in [6, 6.07) is 19.0. The van der Waals surface area contributed by atoms with Crippen molar-refractivity contribution in [1.82, 2.24) is 4.90 Å². The Morgan fingerprint density at radius 1 is 1.03 bits per heavy atom. The Morgan fingerprint density at radius 3 is 2.43 bits per heavy atom. The zero-order valence-electron chi connectivity index (χ0n) is 19.8. The fourth-order valence-electron chi connectivity index (χ4n) is 6.42. The van der Waals surface area contributed by atoms with Gasteiger partial charge in [-0.25, -0.2) is 4.39 Å². The predicted octanol–water partition coefficient (Wildman–Crippen LogP) is 4.97. The molecule has 2 aliphatic heterocycles. The van der Waals surface area contributed by atoms with Gasteiger partial charge >= 0.3 is 0 Å². The lowest BCUT2D eigenvalue weighted by Gasteiger charge is -2.41. The van der Waals surface area contributed by atoms with Crippen LogP contribution in [0.5, 0.6) is 0 Å². The summed E-state index contributed by atoms with van der Waals surface area (Å²) in [5.74, 6) is -0.867. The molecule has 3 aromatic carbocycles. The second-order valence-corrected chi connectivity index (χ2v) is 10.0. The van der Waals surface area contributed by atoms with Crippen LogP contribution in [-0.2, 0) is 15.3 Å². The van der Waals surface area contributed by atoms with E-state index in [1.54, 1.807) is 30.0 Å². The van der Waals surface area contributed by atoms with Crippen LogP contribution in [0.3, 0.4) is 0 Å². The first-order valence-corrected chi connectivity index (χ1v) is 12.5. The number of amides is 1. The molecule has 3 aliphatic rings. The molecule has 1 saturated heterocycles. The van der Waals surface area contributed by atoms with Crippen LogP contribution in [0.4, 0.5) is 10.1 Å². The number of likely N-dealkylation sites (tertiary alicyclic amines) is 1. The van der Waals surface area contributed by atoms with Crippen LogP contribution >= 0.6 is 0 Å². The summed E-state index contributed by atoms with van der Waals surface area (Å²) in [4.78, 5) is 29.5. The van der Waals surface area contributed by atoms with Gasteiger partial charge in [-0.3, -0.25) is 14.5 Å². The summed E-state index contributed by atoms with van der Waals surface area (Å²) >= 11 is 0. The normalized spacial score (nSPS) is 26.5. The standard InChI is InChI=1S/C29H29FN2O3/c1-2-20(33)17-29(30)23-11-3-4-12-24(23)32(28(29)35)19-13-15-31(16-14-19)26-21-9-5-7-18-8-6-10-22(25(18)21)27(26)34/h3-12,19,26-27,34H,2,13-17H2,1H3/t26?,27-,29+/m0/s1. The number of hydrogen-bond acceptors (Lipinski definition) is 4. The van der Waals surface area contributed by atoms with Crippen molar-refractivity contribution in [3.05, 3.63) is 77.4 Å². The molecule has 1 fully saturated rings. The van der Waals surface area contributed by atoms with E-state index >= 15 is 4.39 Å². The number of Topliss-reactive ketones (excluding diaryl/α,β-unsaturated/α-hetero) is 1. The highest BCUT2D eigenvalue weighted by Crippen LogP contribution is 2.50. The fraction of sp³-hybridized carbons (Fsp3) is 0.379. The maximum Gasteiger partial charge on any atom is 0.270 e. The first kappa shape index (κ1) is 22.4. The molecule has 3 atom stereocenters. The number of fused-ring (bicyclic) bond motifs is 1. The Morgan fingerprint density at radius 2 is 1.71 bits per heavy atom. The van der Waals surface area contributed by atoms with Gasteiger partial charge in [0.25, 0.3) is 5.91 Å². The minimum atomic E-state index is -2.29. The molecule has 35 heavy (non-hydrogen) atoms. The molecule has 3 aromatic rings. The lowest BCUT2D eigenvalue weighted by atomic mass is 9.91. The van der Waals surface area contributed by atoms with Crippen LogP contribution in [0.2, 0.25) is 0 Å². The van der Waals surface area contributed by atoms with E-state index in [-0.39, 0.29) is 24.3 Å². The maximum absolute atomic E-state index is 16.1. The Balaban J connectivity index is 1.25. The van der Waals surface area contributed by atoms with Crippen molar-refractivity contribution in [2.24, 2.45) is 0 Å². The molecular weight excluding hydrogens is 443 g/mol. The number of aliphatic hydroxyl groups is 1. The molecule has 6 heteroatoms. The number of halogens is 1. The van der Waals surface area contributed by atoms with E-state index in [4.69, 9.17) is 0 Å². The third-order valence-electron chi connectivity index (χ3n) is 8.15. The van der Waals surface area contributed by atoms with Crippen LogP contribution < -0.4 is 4.90 Å². The number of aliphatic hydroxyl groups excluding tert-OH is 1. The Bertz CT molecular complexity index is 1330. The van der Waals surface area contributed by atoms with Crippen molar-refractivity contribution in [1.29, 1.82) is 0 Å². The summed E-state index contributed by atoms with van der Waals surface area (Å²) in [6.45, 7) is 3.08. The summed E-state index contributed by atoms with van der Waals surface area (Å²) in [6.07, 6.45) is 0.546. The Labute approximate surface area is 204 Å². The average Bonchev–Trinajstić information content (AvgIpc) is 3.29. The van der Waals surface area contributed by atoms with E-state index in [2.05, 4.69) is 23.1 Å². The van der Waals surface area contributed by atoms with E-state index in [0.717, 1.165) is 21.9 Å². The minimum Gasteiger partial charge on any atom is -0.386 e. The van der Waals surface area contributed by atoms with Gasteiger partial charge in [-0.05, 0) is 40.8 Å². The van der Waals surface area contributed by atoms with Crippen LogP contribution in [0.15, 0.2) is 60.7 Å². The van der Waals surface area contributed by atoms with E-state index in [1.807, 2.05) is 24.3 Å². The number of alkyl halides is 1. The molecule has 1 N–H and O–H groups in total. The summed E-state index contributed by atoms with van der Waals surface area (Å²) in [7, 11) is 0. The van der Waals surface area contributed by atoms with Gasteiger partial charge in [-0.1, -0.05) is 61.5 Å². The molecule has 0 spiro atoms. The average molecular weight is 473 g/mol. The number of para-hydroxylation sites is 1. The number of anilines is 1. The number of benzene rings is 3. The number of carbonyl (C=O) groups excluding carboxylic acids is 2. The number of hydrogen-bond donors (Lipinski definition) is 1. The first-order chi connectivity index (χ1) is 16.9. The molecule has 1 unspecified atom stereocenters. The van der Waals surface area contributed by atoms with Crippen LogP contribution in [-0.4, -0.2) is 40.8 Å². The molecular formula is C29H29FN2O3. The third-order valence-corrected chi connectivity index (χ3v) is 8.15. The van der Waals surface area contributed by atoms with Gasteiger partial charge in [0.15, 0.2) is 0 Å². The molecule has 0 saturated carbocycles. The zero-order chi connectivity index (χ0) is 24.3. The zero-order valence-corrected chi connectivity index (χ0v) is 19.8. The largest absolute Gasteiger partial charge is 0.386 e. The summed E-state index contributed by atoms with van der Waals surface area (Å²) in [5.41, 5.74) is 0.715. The van der Waals surface area contributed by atoms with Gasteiger partial charge in [0.2, 0.25) is 5.67 Å². The quantitative estimate of drug-likeness (QED) is 0.569. The molecule has 0 bridgehead atoms. The van der Waals surface area contributed by atoms with Gasteiger partial charge in [0.1, 0.15) is 5.78 Å². The molecule has 1 amide bonds. The number of piperidine rings is 1. The lowest BCUT2D eigenvalue weighted by molar-refractivity contribution is -0.135. The SMILES string of the molecule is CCC(=O)C[C@]1(F)C(=O)N(C2CCN(C3c4cccc5cccc(c45)[C@@H]3O)CC2)c2ccccc21. The molecule has 180 valence electrons. The smallest absolute Gasteiger partial charge is 0.270 e. The highest BCUT2D eigenvalue weighted by Gasteiger charge is 2.54. The van der Waals surface area contributed by atoms with Gasteiger partial charge in [0, 0.05) is 31.1 Å². The van der Waals surface area contributed by atoms with Crippen molar-refractivity contribution in [3.63, 3.8) is 0 Å². The number of rotatable bonds is 5. The Kier molecular flexibility index (Phi) is 5.27. The molecule has 0 aromatic heterocycles. The fourth-order valence-corrected chi connectivity index (χ4v) is 6.42. The second-order valence-electron chi connectivity index (χ2n) is 10.0. The van der Waals surface area contributed by atoms with Crippen molar-refractivity contribution in [2.45, 2.75) is 56.5 Å². The topological polar surface area (TPSA) is 60.9 Å². The first-order valence-electron chi connectivity index (χ1n) is 12.5. The lowest BCUT2D eigenvalue weighted by Crippen LogP contribution is -2.50. The number of nitrogens with zero attached hydrogens (tertiary/aromatic N) is 2. The van der Waals surface area contributed by atoms with Crippen LogP contribution in [0.25, 0.3) is 10.8 Å². The van der Waals surface area contributed by atoms with Gasteiger partial charge in [-0.2, -0.15) is 0 Å². The molecule has 6 rings (SSSR count). The van der Waals surface area contributed by atoms with Crippen LogP contribution in [0, 0.1) is 0 Å². The van der Waals surface area contributed by atoms with E-state index in [0.29, 0.717) is 37.2 Å². The molecule has 5 nitrogen and oxygen atoms in total. The number of carbonyl (C=O) groups is 2. The molecule has 0 radical (unpaired) electrons. The van der Waals surface area contributed by atoms with Gasteiger partial charge in [0.05, 0.1) is 24.3 Å². The predicted molar refractivity (Wildman–Crippen MR) is 133 cm³/mol. The highest BCUT2D eigenvalue weighted by molar-refractivity contribution is 6.09. The van der Waals surface area contributed by atoms with Crippen molar-refractivity contribution in [2.75, 3.05) is 18.0 Å². The monoisotopic (exact) mass is 472 g/mol. The van der Waals surface area contributed by atoms with E-state index in [1.165, 1.54) is 0 Å². The van der Waals surface area contributed by atoms with Crippen molar-refractivity contribution < 1.29 is 19.1 Å². The molecule has 1 aliphatic carbocycles. The highest BCUT2D eigenvalue weighted by atomic mass is 19.1. The van der Waals surface area contributed by atoms with Crippen molar-refractivity contribution >= 4 is 28.2 Å². The summed E-state index contributed by atoms with van der Waals surface area (Å²) in [5, 5.41) is 13.5. The van der Waals surface area contributed by atoms with Gasteiger partial charge in [-0.15, -0.1) is 0 Å². The molecule has 2 heterocycles. The Hall–Kier alpha value is -3.09. The van der Waals surface area contributed by atoms with Gasteiger partial charge < -0.3 is 10.0 Å². The number of ketones is 1. The summed E-state index contributed by atoms with van der Waals surface area (Å²) < 4.78 is 16.1. The second kappa shape index (κ2) is 8.25. The maximum atomic E-state index is 16.1. The third kappa shape index (κ3) is 3.27. The van der Waals surface area contributed by atoms with E-state index in [9.17, 15) is 14.7 Å². The van der Waals surface area contributed by atoms with Crippen LogP contribution in [0.1, 0.15) is 61.4 Å². The van der Waals surface area contributed by atoms with E-state index < -0.39 is 24.1 Å². The van der Waals surface area contributed by atoms with Crippen molar-refractivity contribution in [3.8, 4) is 0 Å². The minimum absolute atomic E-state index is 0.124.